The normalized spacial score (nSPS) is 12.7. The first-order chi connectivity index (χ1) is 8.49. The van der Waals surface area contributed by atoms with Crippen molar-refractivity contribution in [2.45, 2.75) is 60.3 Å². The second-order valence-electron chi connectivity index (χ2n) is 6.32. The molecule has 2 nitrogen and oxygen atoms in total. The minimum Gasteiger partial charge on any atom is -0.316 e. The van der Waals surface area contributed by atoms with Crippen LogP contribution in [0, 0.1) is 11.3 Å². The van der Waals surface area contributed by atoms with E-state index < -0.39 is 0 Å². The molecule has 0 aromatic rings. The lowest BCUT2D eigenvalue weighted by Gasteiger charge is -2.36. The largest absolute Gasteiger partial charge is 0.316 e. The molecule has 0 bridgehead atoms. The molecule has 0 rings (SSSR count). The zero-order valence-electron chi connectivity index (χ0n) is 13.7. The predicted molar refractivity (Wildman–Crippen MR) is 83.1 cm³/mol. The van der Waals surface area contributed by atoms with Crippen LogP contribution in [0.1, 0.15) is 60.3 Å². The molecule has 110 valence electrons. The topological polar surface area (TPSA) is 15.3 Å². The molecule has 18 heavy (non-hydrogen) atoms. The van der Waals surface area contributed by atoms with Crippen molar-refractivity contribution in [2.24, 2.45) is 11.3 Å². The zero-order valence-corrected chi connectivity index (χ0v) is 13.7. The van der Waals surface area contributed by atoms with Crippen molar-refractivity contribution in [3.8, 4) is 0 Å². The number of nitrogens with zero attached hydrogens (tertiary/aromatic N) is 1. The molecule has 0 aliphatic carbocycles. The van der Waals surface area contributed by atoms with Gasteiger partial charge in [-0.05, 0) is 50.7 Å². The van der Waals surface area contributed by atoms with Crippen molar-refractivity contribution in [2.75, 3.05) is 33.2 Å². The van der Waals surface area contributed by atoms with E-state index in [1.807, 2.05) is 0 Å². The molecule has 0 unspecified atom stereocenters. The lowest BCUT2D eigenvalue weighted by Crippen LogP contribution is -2.43. The van der Waals surface area contributed by atoms with Crippen molar-refractivity contribution in [3.63, 3.8) is 0 Å². The molecule has 0 fully saturated rings. The first-order valence-electron chi connectivity index (χ1n) is 7.89. The van der Waals surface area contributed by atoms with Gasteiger partial charge in [-0.2, -0.15) is 0 Å². The molecular weight excluding hydrogens is 220 g/mol. The summed E-state index contributed by atoms with van der Waals surface area (Å²) >= 11 is 0. The van der Waals surface area contributed by atoms with Crippen molar-refractivity contribution in [1.82, 2.24) is 10.2 Å². The highest BCUT2D eigenvalue weighted by Crippen LogP contribution is 2.26. The highest BCUT2D eigenvalue weighted by molar-refractivity contribution is 4.82. The molecule has 1 N–H and O–H groups in total. The Hall–Kier alpha value is -0.0800. The standard InChI is InChI=1S/C16H36N2/c1-7-10-11-18(6)14-16(8-2,9-3)13-17-12-15(4)5/h15,17H,7-14H2,1-6H3. The maximum atomic E-state index is 3.66. The average molecular weight is 256 g/mol. The predicted octanol–water partition coefficient (Wildman–Crippen LogP) is 3.77. The smallest absolute Gasteiger partial charge is 0.00469 e. The molecule has 0 spiro atoms. The van der Waals surface area contributed by atoms with Gasteiger partial charge in [-0.1, -0.05) is 41.0 Å². The van der Waals surface area contributed by atoms with E-state index in [-0.39, 0.29) is 0 Å². The van der Waals surface area contributed by atoms with Crippen molar-refractivity contribution in [3.05, 3.63) is 0 Å². The molecular formula is C16H36N2. The van der Waals surface area contributed by atoms with Gasteiger partial charge in [-0.15, -0.1) is 0 Å². The van der Waals surface area contributed by atoms with Gasteiger partial charge >= 0.3 is 0 Å². The van der Waals surface area contributed by atoms with Crippen LogP contribution in [0.5, 0.6) is 0 Å². The van der Waals surface area contributed by atoms with Gasteiger partial charge in [0.2, 0.25) is 0 Å². The van der Waals surface area contributed by atoms with E-state index in [1.165, 1.54) is 38.8 Å². The summed E-state index contributed by atoms with van der Waals surface area (Å²) in [5.41, 5.74) is 0.456. The first-order valence-corrected chi connectivity index (χ1v) is 7.89. The molecule has 0 radical (unpaired) electrons. The van der Waals surface area contributed by atoms with E-state index in [4.69, 9.17) is 0 Å². The van der Waals surface area contributed by atoms with Crippen LogP contribution in [-0.4, -0.2) is 38.1 Å². The lowest BCUT2D eigenvalue weighted by molar-refractivity contribution is 0.153. The van der Waals surface area contributed by atoms with Gasteiger partial charge in [0, 0.05) is 13.1 Å². The number of nitrogens with one attached hydrogen (secondary N) is 1. The molecule has 0 aliphatic heterocycles. The highest BCUT2D eigenvalue weighted by Gasteiger charge is 2.27. The molecule has 2 heteroatoms. The molecule has 0 heterocycles. The summed E-state index contributed by atoms with van der Waals surface area (Å²) < 4.78 is 0. The quantitative estimate of drug-likeness (QED) is 0.605. The molecule has 0 aromatic heterocycles. The fourth-order valence-corrected chi connectivity index (χ4v) is 2.49. The third kappa shape index (κ3) is 7.38. The third-order valence-electron chi connectivity index (χ3n) is 4.05. The van der Waals surface area contributed by atoms with Gasteiger partial charge in [-0.3, -0.25) is 0 Å². The van der Waals surface area contributed by atoms with Gasteiger partial charge < -0.3 is 10.2 Å². The summed E-state index contributed by atoms with van der Waals surface area (Å²) in [6, 6.07) is 0. The fraction of sp³-hybridized carbons (Fsp3) is 1.00. The summed E-state index contributed by atoms with van der Waals surface area (Å²) in [5.74, 6) is 0.745. The van der Waals surface area contributed by atoms with Gasteiger partial charge in [-0.25, -0.2) is 0 Å². The van der Waals surface area contributed by atoms with Crippen LogP contribution >= 0.6 is 0 Å². The Labute approximate surface area is 116 Å². The van der Waals surface area contributed by atoms with E-state index in [1.54, 1.807) is 0 Å². The summed E-state index contributed by atoms with van der Waals surface area (Å²) in [6.45, 7) is 16.3. The number of unbranched alkanes of at least 4 members (excludes halogenated alkanes) is 1. The molecule has 0 amide bonds. The Morgan fingerprint density at radius 2 is 1.72 bits per heavy atom. The fourth-order valence-electron chi connectivity index (χ4n) is 2.49. The molecule has 0 aromatic carbocycles. The van der Waals surface area contributed by atoms with Gasteiger partial charge in [0.1, 0.15) is 0 Å². The molecule has 0 saturated carbocycles. The maximum absolute atomic E-state index is 3.66. The van der Waals surface area contributed by atoms with Crippen molar-refractivity contribution in [1.29, 1.82) is 0 Å². The van der Waals surface area contributed by atoms with Crippen molar-refractivity contribution >= 4 is 0 Å². The summed E-state index contributed by atoms with van der Waals surface area (Å²) in [4.78, 5) is 2.52. The first kappa shape index (κ1) is 17.9. The Kier molecular flexibility index (Phi) is 9.76. The van der Waals surface area contributed by atoms with E-state index in [2.05, 4.69) is 51.9 Å². The maximum Gasteiger partial charge on any atom is 0.00469 e. The van der Waals surface area contributed by atoms with E-state index in [9.17, 15) is 0 Å². The van der Waals surface area contributed by atoms with Crippen LogP contribution in [-0.2, 0) is 0 Å². The van der Waals surface area contributed by atoms with E-state index in [0.29, 0.717) is 5.41 Å². The minimum absolute atomic E-state index is 0.456. The zero-order chi connectivity index (χ0) is 14.0. The van der Waals surface area contributed by atoms with Crippen LogP contribution in [0.3, 0.4) is 0 Å². The van der Waals surface area contributed by atoms with E-state index >= 15 is 0 Å². The van der Waals surface area contributed by atoms with Crippen molar-refractivity contribution < 1.29 is 0 Å². The Balaban J connectivity index is 4.22. The number of rotatable bonds is 11. The van der Waals surface area contributed by atoms with Gasteiger partial charge in [0.25, 0.3) is 0 Å². The van der Waals surface area contributed by atoms with Crippen LogP contribution in [0.25, 0.3) is 0 Å². The van der Waals surface area contributed by atoms with Gasteiger partial charge in [0.05, 0.1) is 0 Å². The van der Waals surface area contributed by atoms with Crippen LogP contribution < -0.4 is 5.32 Å². The summed E-state index contributed by atoms with van der Waals surface area (Å²) in [5, 5.41) is 3.66. The Morgan fingerprint density at radius 3 is 2.17 bits per heavy atom. The molecule has 0 saturated heterocycles. The molecule has 0 atom stereocenters. The number of hydrogen-bond acceptors (Lipinski definition) is 2. The van der Waals surface area contributed by atoms with E-state index in [0.717, 1.165) is 19.0 Å². The van der Waals surface area contributed by atoms with Crippen LogP contribution in [0.2, 0.25) is 0 Å². The van der Waals surface area contributed by atoms with Crippen LogP contribution in [0.15, 0.2) is 0 Å². The molecule has 0 aliphatic rings. The second-order valence-corrected chi connectivity index (χ2v) is 6.32. The minimum atomic E-state index is 0.456. The second kappa shape index (κ2) is 9.80. The Bertz CT molecular complexity index is 186. The number of hydrogen-bond donors (Lipinski definition) is 1. The van der Waals surface area contributed by atoms with Crippen LogP contribution in [0.4, 0.5) is 0 Å². The summed E-state index contributed by atoms with van der Waals surface area (Å²) in [6.07, 6.45) is 5.15. The highest BCUT2D eigenvalue weighted by atomic mass is 15.1. The third-order valence-corrected chi connectivity index (χ3v) is 4.05. The summed E-state index contributed by atoms with van der Waals surface area (Å²) in [7, 11) is 2.28. The van der Waals surface area contributed by atoms with Gasteiger partial charge in [0.15, 0.2) is 0 Å². The lowest BCUT2D eigenvalue weighted by atomic mass is 9.81. The monoisotopic (exact) mass is 256 g/mol. The average Bonchev–Trinajstić information content (AvgIpc) is 2.34. The SMILES string of the molecule is CCCCN(C)CC(CC)(CC)CNCC(C)C. The Morgan fingerprint density at radius 1 is 1.11 bits per heavy atom.